The maximum Gasteiger partial charge on any atom is 0.239 e. The lowest BCUT2D eigenvalue weighted by molar-refractivity contribution is -0.132. The van der Waals surface area contributed by atoms with E-state index in [0.717, 1.165) is 28.0 Å². The molecule has 0 bridgehead atoms. The minimum Gasteiger partial charge on any atom is -0.378 e. The monoisotopic (exact) mass is 438 g/mol. The van der Waals surface area contributed by atoms with E-state index in [2.05, 4.69) is 31.9 Å². The number of carbonyl (C=O) groups is 1. The molecule has 2 heterocycles. The molecule has 162 valence electrons. The van der Waals surface area contributed by atoms with Gasteiger partial charge in [-0.3, -0.25) is 4.79 Å². The summed E-state index contributed by atoms with van der Waals surface area (Å²) < 4.78 is 0. The lowest BCUT2D eigenvalue weighted by Crippen LogP contribution is -2.53. The van der Waals surface area contributed by atoms with Crippen LogP contribution in [0.1, 0.15) is 5.56 Å². The second kappa shape index (κ2) is 9.08. The highest BCUT2D eigenvalue weighted by Crippen LogP contribution is 2.27. The number of fused-ring (bicyclic) bond motifs is 1. The van der Waals surface area contributed by atoms with Gasteiger partial charge in [0.15, 0.2) is 0 Å². The lowest BCUT2D eigenvalue weighted by atomic mass is 10.1. The van der Waals surface area contributed by atoms with Crippen molar-refractivity contribution in [3.63, 3.8) is 0 Å². The maximum atomic E-state index is 12.9. The topological polar surface area (TPSA) is 78.6 Å². The summed E-state index contributed by atoms with van der Waals surface area (Å²) in [6, 6.07) is 13.1. The summed E-state index contributed by atoms with van der Waals surface area (Å²) in [5.41, 5.74) is 9.25. The van der Waals surface area contributed by atoms with Crippen molar-refractivity contribution in [2.45, 2.75) is 12.5 Å². The standard InChI is InChI=1S/C23H27ClN6O/c1-28(2)18-7-8-21-19(14-18)22(27-15-26-21)29-9-11-30(12-10-29)23(31)20(25)13-16-3-5-17(24)6-4-16/h3-8,14-15,20H,9-13,25H2,1-2H3/t20-/m1/s1. The van der Waals surface area contributed by atoms with Crippen LogP contribution in [0, 0.1) is 0 Å². The van der Waals surface area contributed by atoms with Crippen molar-refractivity contribution >= 4 is 39.9 Å². The zero-order chi connectivity index (χ0) is 22.0. The Morgan fingerprint density at radius 1 is 1.10 bits per heavy atom. The van der Waals surface area contributed by atoms with Crippen LogP contribution in [0.15, 0.2) is 48.8 Å². The Bertz CT molecular complexity index is 1060. The molecule has 3 aromatic rings. The van der Waals surface area contributed by atoms with E-state index >= 15 is 0 Å². The molecule has 1 saturated heterocycles. The number of nitrogens with zero attached hydrogens (tertiary/aromatic N) is 5. The summed E-state index contributed by atoms with van der Waals surface area (Å²) >= 11 is 5.93. The number of piperazine rings is 1. The molecule has 1 fully saturated rings. The minimum absolute atomic E-state index is 0.0166. The number of hydrogen-bond donors (Lipinski definition) is 1. The predicted octanol–water partition coefficient (Wildman–Crippen LogP) is 2.57. The lowest BCUT2D eigenvalue weighted by Gasteiger charge is -2.36. The van der Waals surface area contributed by atoms with Gasteiger partial charge in [0.25, 0.3) is 0 Å². The molecule has 1 aromatic heterocycles. The van der Waals surface area contributed by atoms with Crippen LogP contribution in [0.4, 0.5) is 11.5 Å². The molecule has 0 saturated carbocycles. The summed E-state index contributed by atoms with van der Waals surface area (Å²) in [6.45, 7) is 2.65. The quantitative estimate of drug-likeness (QED) is 0.659. The maximum absolute atomic E-state index is 12.9. The van der Waals surface area contributed by atoms with E-state index in [4.69, 9.17) is 17.3 Å². The smallest absolute Gasteiger partial charge is 0.239 e. The van der Waals surface area contributed by atoms with Crippen molar-refractivity contribution in [2.24, 2.45) is 5.73 Å². The van der Waals surface area contributed by atoms with Crippen LogP contribution in [0.3, 0.4) is 0 Å². The second-order valence-corrected chi connectivity index (χ2v) is 8.48. The second-order valence-electron chi connectivity index (χ2n) is 8.04. The summed E-state index contributed by atoms with van der Waals surface area (Å²) in [4.78, 5) is 28.0. The fraction of sp³-hybridized carbons (Fsp3) is 0.348. The van der Waals surface area contributed by atoms with Crippen molar-refractivity contribution in [3.8, 4) is 0 Å². The van der Waals surface area contributed by atoms with Crippen LogP contribution in [0.2, 0.25) is 5.02 Å². The minimum atomic E-state index is -0.560. The molecule has 0 unspecified atom stereocenters. The number of aromatic nitrogens is 2. The zero-order valence-corrected chi connectivity index (χ0v) is 18.6. The highest BCUT2D eigenvalue weighted by molar-refractivity contribution is 6.30. The number of anilines is 2. The van der Waals surface area contributed by atoms with E-state index in [-0.39, 0.29) is 5.91 Å². The van der Waals surface area contributed by atoms with E-state index in [9.17, 15) is 4.79 Å². The van der Waals surface area contributed by atoms with E-state index < -0.39 is 6.04 Å². The van der Waals surface area contributed by atoms with E-state index in [1.54, 1.807) is 6.33 Å². The van der Waals surface area contributed by atoms with Gasteiger partial charge in [0, 0.05) is 56.4 Å². The molecule has 1 aliphatic rings. The Morgan fingerprint density at radius 2 is 1.81 bits per heavy atom. The number of benzene rings is 2. The summed E-state index contributed by atoms with van der Waals surface area (Å²) in [5, 5.41) is 1.70. The molecule has 4 rings (SSSR count). The van der Waals surface area contributed by atoms with Crippen LogP contribution in [0.5, 0.6) is 0 Å². The van der Waals surface area contributed by atoms with Gasteiger partial charge in [-0.05, 0) is 42.3 Å². The van der Waals surface area contributed by atoms with Crippen LogP contribution in [-0.4, -0.2) is 67.1 Å². The van der Waals surface area contributed by atoms with Gasteiger partial charge < -0.3 is 20.4 Å². The molecule has 8 heteroatoms. The fourth-order valence-electron chi connectivity index (χ4n) is 3.90. The zero-order valence-electron chi connectivity index (χ0n) is 17.8. The number of rotatable bonds is 5. The average molecular weight is 439 g/mol. The van der Waals surface area contributed by atoms with Crippen LogP contribution in [-0.2, 0) is 11.2 Å². The third-order valence-corrected chi connectivity index (χ3v) is 5.94. The van der Waals surface area contributed by atoms with Gasteiger partial charge >= 0.3 is 0 Å². The number of hydrogen-bond acceptors (Lipinski definition) is 6. The normalized spacial score (nSPS) is 15.2. The summed E-state index contributed by atoms with van der Waals surface area (Å²) in [6.07, 6.45) is 2.10. The van der Waals surface area contributed by atoms with Crippen molar-refractivity contribution in [2.75, 3.05) is 50.1 Å². The van der Waals surface area contributed by atoms with Crippen LogP contribution in [0.25, 0.3) is 10.9 Å². The Balaban J connectivity index is 1.43. The van der Waals surface area contributed by atoms with E-state index in [1.165, 1.54) is 0 Å². The predicted molar refractivity (Wildman–Crippen MR) is 126 cm³/mol. The highest BCUT2D eigenvalue weighted by Gasteiger charge is 2.26. The largest absolute Gasteiger partial charge is 0.378 e. The Kier molecular flexibility index (Phi) is 6.25. The van der Waals surface area contributed by atoms with Gasteiger partial charge in [-0.2, -0.15) is 0 Å². The van der Waals surface area contributed by atoms with Crippen LogP contribution >= 0.6 is 11.6 Å². The van der Waals surface area contributed by atoms with Gasteiger partial charge in [-0.15, -0.1) is 0 Å². The van der Waals surface area contributed by atoms with Gasteiger partial charge in [0.05, 0.1) is 11.6 Å². The van der Waals surface area contributed by atoms with E-state index in [0.29, 0.717) is 37.6 Å². The molecule has 31 heavy (non-hydrogen) atoms. The molecule has 0 radical (unpaired) electrons. The van der Waals surface area contributed by atoms with Gasteiger partial charge in [0.1, 0.15) is 12.1 Å². The molecule has 2 N–H and O–H groups in total. The molecule has 1 aliphatic heterocycles. The first-order chi connectivity index (χ1) is 14.9. The Hall–Kier alpha value is -2.90. The number of nitrogens with two attached hydrogens (primary N) is 1. The number of halogens is 1. The molecule has 0 aliphatic carbocycles. The Labute approximate surface area is 187 Å². The third kappa shape index (κ3) is 4.73. The van der Waals surface area contributed by atoms with Crippen molar-refractivity contribution in [3.05, 3.63) is 59.4 Å². The highest BCUT2D eigenvalue weighted by atomic mass is 35.5. The van der Waals surface area contributed by atoms with Gasteiger partial charge in [-0.25, -0.2) is 9.97 Å². The van der Waals surface area contributed by atoms with Gasteiger partial charge in [0.2, 0.25) is 5.91 Å². The molecule has 1 atom stereocenters. The first-order valence-electron chi connectivity index (χ1n) is 10.4. The number of carbonyl (C=O) groups excluding carboxylic acids is 1. The van der Waals surface area contributed by atoms with Gasteiger partial charge in [-0.1, -0.05) is 23.7 Å². The third-order valence-electron chi connectivity index (χ3n) is 5.69. The first-order valence-corrected chi connectivity index (χ1v) is 10.8. The van der Waals surface area contributed by atoms with Crippen LogP contribution < -0.4 is 15.5 Å². The van der Waals surface area contributed by atoms with Crippen molar-refractivity contribution < 1.29 is 4.79 Å². The van der Waals surface area contributed by atoms with Crippen molar-refractivity contribution in [1.29, 1.82) is 0 Å². The molecule has 2 aromatic carbocycles. The molecule has 0 spiro atoms. The first kappa shape index (κ1) is 21.3. The summed E-state index contributed by atoms with van der Waals surface area (Å²) in [5.74, 6) is 0.892. The Morgan fingerprint density at radius 3 is 2.48 bits per heavy atom. The summed E-state index contributed by atoms with van der Waals surface area (Å²) in [7, 11) is 4.03. The van der Waals surface area contributed by atoms with Crippen molar-refractivity contribution in [1.82, 2.24) is 14.9 Å². The SMILES string of the molecule is CN(C)c1ccc2ncnc(N3CCN(C(=O)[C@H](N)Cc4ccc(Cl)cc4)CC3)c2c1. The molecular weight excluding hydrogens is 412 g/mol. The molecular formula is C23H27ClN6O. The molecule has 7 nitrogen and oxygen atoms in total. The molecule has 1 amide bonds. The fourth-order valence-corrected chi connectivity index (χ4v) is 4.02. The number of amides is 1. The van der Waals surface area contributed by atoms with E-state index in [1.807, 2.05) is 49.3 Å². The average Bonchev–Trinajstić information content (AvgIpc) is 2.79.